The van der Waals surface area contributed by atoms with Crippen molar-refractivity contribution in [2.45, 2.75) is 12.3 Å². The first-order valence-corrected chi connectivity index (χ1v) is 9.31. The lowest BCUT2D eigenvalue weighted by Crippen LogP contribution is -2.30. The van der Waals surface area contributed by atoms with E-state index in [0.717, 1.165) is 22.3 Å². The van der Waals surface area contributed by atoms with Gasteiger partial charge in [0, 0.05) is 29.4 Å². The molecule has 2 amide bonds. The molecule has 0 bridgehead atoms. The van der Waals surface area contributed by atoms with E-state index >= 15 is 0 Å². The average molecular weight is 366 g/mol. The molecule has 1 unspecified atom stereocenters. The van der Waals surface area contributed by atoms with Gasteiger partial charge in [0.1, 0.15) is 0 Å². The first-order valence-electron chi connectivity index (χ1n) is 9.31. The van der Waals surface area contributed by atoms with E-state index in [9.17, 15) is 9.59 Å². The standard InChI is InChI=1S/C24H18N2O2/c27-22-16-21(24(28)26(22)18-11-5-2-6-12-18)23-20(17-9-3-1-4-10-17)15-19-13-7-8-14-25(19)23/h1-15,21H,16H2. The smallest absolute Gasteiger partial charge is 0.243 e. The highest BCUT2D eigenvalue weighted by atomic mass is 16.2. The third-order valence-electron chi connectivity index (χ3n) is 5.29. The van der Waals surface area contributed by atoms with Crippen LogP contribution >= 0.6 is 0 Å². The lowest BCUT2D eigenvalue weighted by atomic mass is 9.96. The molecule has 2 aromatic carbocycles. The summed E-state index contributed by atoms with van der Waals surface area (Å²) in [6.07, 6.45) is 2.13. The molecule has 136 valence electrons. The molecule has 1 atom stereocenters. The predicted molar refractivity (Wildman–Crippen MR) is 109 cm³/mol. The molecule has 28 heavy (non-hydrogen) atoms. The zero-order valence-corrected chi connectivity index (χ0v) is 15.2. The number of aromatic nitrogens is 1. The molecule has 3 heterocycles. The van der Waals surface area contributed by atoms with Gasteiger partial charge in [0.2, 0.25) is 11.8 Å². The van der Waals surface area contributed by atoms with Gasteiger partial charge in [0.15, 0.2) is 0 Å². The maximum atomic E-state index is 13.3. The van der Waals surface area contributed by atoms with Gasteiger partial charge in [0.25, 0.3) is 0 Å². The fraction of sp³-hybridized carbons (Fsp3) is 0.0833. The minimum absolute atomic E-state index is 0.161. The van der Waals surface area contributed by atoms with Gasteiger partial charge in [-0.1, -0.05) is 54.6 Å². The number of para-hydroxylation sites is 1. The molecule has 4 heteroatoms. The topological polar surface area (TPSA) is 41.8 Å². The summed E-state index contributed by atoms with van der Waals surface area (Å²) in [6, 6.07) is 27.2. The number of hydrogen-bond donors (Lipinski definition) is 0. The molecule has 1 aliphatic rings. The second-order valence-corrected chi connectivity index (χ2v) is 6.96. The van der Waals surface area contributed by atoms with E-state index in [4.69, 9.17) is 0 Å². The van der Waals surface area contributed by atoms with E-state index in [2.05, 4.69) is 6.07 Å². The summed E-state index contributed by atoms with van der Waals surface area (Å²) in [5.41, 5.74) is 4.54. The Kier molecular flexibility index (Phi) is 3.83. The highest BCUT2D eigenvalue weighted by molar-refractivity contribution is 6.23. The van der Waals surface area contributed by atoms with Crippen LogP contribution in [0.4, 0.5) is 5.69 Å². The van der Waals surface area contributed by atoms with Crippen LogP contribution < -0.4 is 4.90 Å². The summed E-state index contributed by atoms with van der Waals surface area (Å²) in [7, 11) is 0. The van der Waals surface area contributed by atoms with Crippen LogP contribution in [0.5, 0.6) is 0 Å². The van der Waals surface area contributed by atoms with E-state index in [1.807, 2.05) is 77.3 Å². The van der Waals surface area contributed by atoms with Crippen LogP contribution in [0, 0.1) is 0 Å². The van der Waals surface area contributed by atoms with Crippen molar-refractivity contribution in [2.75, 3.05) is 4.90 Å². The minimum Gasteiger partial charge on any atom is -0.319 e. The molecule has 1 saturated heterocycles. The van der Waals surface area contributed by atoms with Gasteiger partial charge in [0.05, 0.1) is 11.6 Å². The summed E-state index contributed by atoms with van der Waals surface area (Å²) in [4.78, 5) is 27.4. The normalized spacial score (nSPS) is 16.9. The maximum absolute atomic E-state index is 13.3. The van der Waals surface area contributed by atoms with Gasteiger partial charge < -0.3 is 4.40 Å². The van der Waals surface area contributed by atoms with Crippen LogP contribution in [0.2, 0.25) is 0 Å². The van der Waals surface area contributed by atoms with Crippen molar-refractivity contribution in [3.8, 4) is 11.1 Å². The summed E-state index contributed by atoms with van der Waals surface area (Å²) in [5.74, 6) is -0.837. The Bertz CT molecular complexity index is 1180. The van der Waals surface area contributed by atoms with Crippen LogP contribution in [0.1, 0.15) is 18.0 Å². The summed E-state index contributed by atoms with van der Waals surface area (Å²) in [5, 5.41) is 0. The molecular formula is C24H18N2O2. The Hall–Kier alpha value is -3.66. The Labute approximate surface area is 162 Å². The average Bonchev–Trinajstić information content (AvgIpc) is 3.26. The number of carbonyl (C=O) groups is 2. The number of fused-ring (bicyclic) bond motifs is 1. The molecule has 1 fully saturated rings. The number of hydrogen-bond acceptors (Lipinski definition) is 2. The largest absolute Gasteiger partial charge is 0.319 e. The summed E-state index contributed by atoms with van der Waals surface area (Å²) < 4.78 is 2.03. The third kappa shape index (κ3) is 2.54. The number of amides is 2. The molecule has 1 aliphatic heterocycles. The van der Waals surface area contributed by atoms with Gasteiger partial charge in [-0.15, -0.1) is 0 Å². The number of nitrogens with zero attached hydrogens (tertiary/aromatic N) is 2. The Morgan fingerprint density at radius 2 is 1.46 bits per heavy atom. The summed E-state index contributed by atoms with van der Waals surface area (Å²) >= 11 is 0. The molecule has 4 nitrogen and oxygen atoms in total. The minimum atomic E-state index is -0.507. The van der Waals surface area contributed by atoms with Crippen LogP contribution in [-0.4, -0.2) is 16.2 Å². The summed E-state index contributed by atoms with van der Waals surface area (Å²) in [6.45, 7) is 0. The quantitative estimate of drug-likeness (QED) is 0.495. The van der Waals surface area contributed by atoms with Gasteiger partial charge in [-0.05, 0) is 35.9 Å². The monoisotopic (exact) mass is 366 g/mol. The molecule has 0 aliphatic carbocycles. The molecule has 0 N–H and O–H groups in total. The van der Waals surface area contributed by atoms with Gasteiger partial charge in [-0.3, -0.25) is 9.59 Å². The van der Waals surface area contributed by atoms with Crippen molar-refractivity contribution >= 4 is 23.0 Å². The Balaban J connectivity index is 1.67. The highest BCUT2D eigenvalue weighted by Crippen LogP contribution is 2.39. The van der Waals surface area contributed by atoms with Crippen molar-refractivity contribution in [1.82, 2.24) is 4.40 Å². The van der Waals surface area contributed by atoms with Gasteiger partial charge in [-0.25, -0.2) is 4.90 Å². The number of pyridine rings is 1. The molecule has 5 rings (SSSR count). The van der Waals surface area contributed by atoms with Crippen molar-refractivity contribution in [2.24, 2.45) is 0 Å². The number of carbonyl (C=O) groups excluding carboxylic acids is 2. The SMILES string of the molecule is O=C1CC(c2c(-c3ccccc3)cc3ccccn23)C(=O)N1c1ccccc1. The maximum Gasteiger partial charge on any atom is 0.243 e. The van der Waals surface area contributed by atoms with Crippen molar-refractivity contribution in [3.63, 3.8) is 0 Å². The second-order valence-electron chi connectivity index (χ2n) is 6.96. The van der Waals surface area contributed by atoms with E-state index in [0.29, 0.717) is 5.69 Å². The number of rotatable bonds is 3. The molecule has 0 spiro atoms. The van der Waals surface area contributed by atoms with E-state index in [1.165, 1.54) is 4.90 Å². The van der Waals surface area contributed by atoms with E-state index in [1.54, 1.807) is 12.1 Å². The highest BCUT2D eigenvalue weighted by Gasteiger charge is 2.42. The number of benzene rings is 2. The van der Waals surface area contributed by atoms with Crippen molar-refractivity contribution in [1.29, 1.82) is 0 Å². The van der Waals surface area contributed by atoms with Crippen molar-refractivity contribution < 1.29 is 9.59 Å². The molecule has 4 aromatic rings. The van der Waals surface area contributed by atoms with Crippen LogP contribution in [-0.2, 0) is 9.59 Å². The molecule has 0 radical (unpaired) electrons. The van der Waals surface area contributed by atoms with Crippen LogP contribution in [0.15, 0.2) is 91.1 Å². The third-order valence-corrected chi connectivity index (χ3v) is 5.29. The fourth-order valence-corrected chi connectivity index (χ4v) is 4.04. The van der Waals surface area contributed by atoms with Gasteiger partial charge in [-0.2, -0.15) is 0 Å². The van der Waals surface area contributed by atoms with Crippen molar-refractivity contribution in [3.05, 3.63) is 96.8 Å². The molecule has 0 saturated carbocycles. The van der Waals surface area contributed by atoms with Gasteiger partial charge >= 0.3 is 0 Å². The first-order chi connectivity index (χ1) is 13.7. The van der Waals surface area contributed by atoms with Crippen LogP contribution in [0.3, 0.4) is 0 Å². The van der Waals surface area contributed by atoms with Crippen LogP contribution in [0.25, 0.3) is 16.6 Å². The first kappa shape index (κ1) is 16.5. The number of anilines is 1. The Morgan fingerprint density at radius 3 is 2.21 bits per heavy atom. The predicted octanol–water partition coefficient (Wildman–Crippen LogP) is 4.65. The zero-order chi connectivity index (χ0) is 19.1. The molecule has 2 aromatic heterocycles. The fourth-order valence-electron chi connectivity index (χ4n) is 4.04. The lowest BCUT2D eigenvalue weighted by Gasteiger charge is -2.16. The second kappa shape index (κ2) is 6.50. The molecular weight excluding hydrogens is 348 g/mol. The lowest BCUT2D eigenvalue weighted by molar-refractivity contribution is -0.121. The van der Waals surface area contributed by atoms with E-state index in [-0.39, 0.29) is 18.2 Å². The zero-order valence-electron chi connectivity index (χ0n) is 15.2. The number of imide groups is 1. The Morgan fingerprint density at radius 1 is 0.786 bits per heavy atom. The van der Waals surface area contributed by atoms with E-state index < -0.39 is 5.92 Å².